The second kappa shape index (κ2) is 20.1. The third-order valence-corrected chi connectivity index (χ3v) is 4.80. The number of hydrogen-bond acceptors (Lipinski definition) is 4. The fraction of sp³-hybridized carbons (Fsp3) is 1.00. The van der Waals surface area contributed by atoms with E-state index in [0.29, 0.717) is 6.42 Å². The van der Waals surface area contributed by atoms with E-state index >= 15 is 0 Å². The van der Waals surface area contributed by atoms with Crippen molar-refractivity contribution >= 4 is 0 Å². The maximum absolute atomic E-state index is 10.5. The summed E-state index contributed by atoms with van der Waals surface area (Å²) in [5, 5.41) is 27.7. The Kier molecular flexibility index (Phi) is 21.7. The van der Waals surface area contributed by atoms with Crippen molar-refractivity contribution in [2.24, 2.45) is 0 Å². The Morgan fingerprint density at radius 1 is 0.520 bits per heavy atom. The van der Waals surface area contributed by atoms with E-state index in [1.807, 2.05) is 0 Å². The smallest absolute Gasteiger partial charge is 0.142 e. The molecule has 5 nitrogen and oxygen atoms in total. The molecule has 5 heteroatoms. The minimum atomic E-state index is -2.13. The van der Waals surface area contributed by atoms with Gasteiger partial charge in [-0.2, -0.15) is 10.4 Å². The van der Waals surface area contributed by atoms with Crippen LogP contribution in [0.2, 0.25) is 0 Å². The molecule has 0 rings (SSSR count). The first kappa shape index (κ1) is 27.0. The molecule has 0 spiro atoms. The number of rotatable bonds is 19. The van der Waals surface area contributed by atoms with Gasteiger partial charge in [0.2, 0.25) is 0 Å². The van der Waals surface area contributed by atoms with E-state index in [9.17, 15) is 5.21 Å². The zero-order valence-electron chi connectivity index (χ0n) is 16.9. The first-order chi connectivity index (χ1) is 11.6. The lowest BCUT2D eigenvalue weighted by atomic mass is 10.0. The largest absolute Gasteiger partial charge is 0.564 e. The molecule has 0 saturated carbocycles. The van der Waals surface area contributed by atoms with Crippen molar-refractivity contribution in [3.05, 3.63) is 5.21 Å². The van der Waals surface area contributed by atoms with Crippen molar-refractivity contribution in [1.82, 2.24) is 6.15 Å². The van der Waals surface area contributed by atoms with Gasteiger partial charge in [0.25, 0.3) is 0 Å². The van der Waals surface area contributed by atoms with Gasteiger partial charge in [-0.05, 0) is 6.42 Å². The molecule has 154 valence electrons. The molecule has 0 unspecified atom stereocenters. The van der Waals surface area contributed by atoms with Gasteiger partial charge in [-0.1, -0.05) is 115 Å². The molecule has 0 fully saturated rings. The van der Waals surface area contributed by atoms with Crippen LogP contribution in [-0.4, -0.2) is 21.9 Å². The minimum Gasteiger partial charge on any atom is -0.564 e. The van der Waals surface area contributed by atoms with Gasteiger partial charge in [0.15, 0.2) is 0 Å². The van der Waals surface area contributed by atoms with Gasteiger partial charge in [0, 0.05) is 6.42 Å². The summed E-state index contributed by atoms with van der Waals surface area (Å²) < 4.78 is 0. The molecule has 0 aromatic rings. The second-order valence-corrected chi connectivity index (χ2v) is 7.40. The van der Waals surface area contributed by atoms with Crippen LogP contribution in [0.5, 0.6) is 0 Å². The Morgan fingerprint density at radius 2 is 0.760 bits per heavy atom. The average Bonchev–Trinajstić information content (AvgIpc) is 2.52. The molecule has 0 heterocycles. The number of quaternary nitrogens is 1. The number of hydrogen-bond donors (Lipinski definition) is 3. The Hall–Kier alpha value is -0.200. The Balaban J connectivity index is 0. The lowest BCUT2D eigenvalue weighted by Crippen LogP contribution is -2.34. The van der Waals surface area contributed by atoms with Crippen LogP contribution in [0.15, 0.2) is 0 Å². The summed E-state index contributed by atoms with van der Waals surface area (Å²) >= 11 is 0. The molecule has 25 heavy (non-hydrogen) atoms. The van der Waals surface area contributed by atoms with Crippen LogP contribution in [0.25, 0.3) is 0 Å². The molecule has 0 aromatic carbocycles. The SMILES string of the molecule is CCCCCCCCCCCCCCCCCCCC[N+]([O-])(O)O.N. The Bertz CT molecular complexity index is 246. The molecule has 0 atom stereocenters. The quantitative estimate of drug-likeness (QED) is 0.128. The first-order valence-electron chi connectivity index (χ1n) is 10.6. The molecule has 0 aliphatic rings. The third-order valence-electron chi connectivity index (χ3n) is 4.80. The highest BCUT2D eigenvalue weighted by Gasteiger charge is 2.06. The molecule has 0 aromatic heterocycles. The van der Waals surface area contributed by atoms with Gasteiger partial charge in [-0.15, -0.1) is 0 Å². The standard InChI is InChI=1S/C20H43NO3.H3N/c1-2-3-4-5-6-7-8-9-10-11-12-13-14-15-16-17-18-19-20-21(22,23)24;/h22-23H,2-20H2,1H3;1H3. The minimum absolute atomic E-state index is 0. The van der Waals surface area contributed by atoms with Crippen LogP contribution in [0, 0.1) is 5.21 Å². The molecule has 0 aliphatic heterocycles. The summed E-state index contributed by atoms with van der Waals surface area (Å²) in [4.78, 5) is -2.13. The maximum atomic E-state index is 10.5. The zero-order valence-corrected chi connectivity index (χ0v) is 16.9. The fourth-order valence-corrected chi connectivity index (χ4v) is 3.22. The van der Waals surface area contributed by atoms with Crippen molar-refractivity contribution < 1.29 is 15.4 Å². The lowest BCUT2D eigenvalue weighted by molar-refractivity contribution is -1.21. The monoisotopic (exact) mass is 362 g/mol. The molecular weight excluding hydrogens is 316 g/mol. The summed E-state index contributed by atoms with van der Waals surface area (Å²) in [6.07, 6.45) is 23.3. The topological polar surface area (TPSA) is 98.5 Å². The first-order valence-corrected chi connectivity index (χ1v) is 10.6. The Morgan fingerprint density at radius 3 is 1.00 bits per heavy atom. The maximum Gasteiger partial charge on any atom is 0.142 e. The van der Waals surface area contributed by atoms with Crippen LogP contribution in [0.4, 0.5) is 0 Å². The van der Waals surface area contributed by atoms with Crippen LogP contribution >= 0.6 is 0 Å². The number of unbranched alkanes of at least 4 members (excludes halogenated alkanes) is 17. The van der Waals surface area contributed by atoms with Gasteiger partial charge in [-0.3, -0.25) is 0 Å². The summed E-state index contributed by atoms with van der Waals surface area (Å²) in [5.74, 6) is 0. The van der Waals surface area contributed by atoms with Crippen LogP contribution in [0.1, 0.15) is 122 Å². The highest BCUT2D eigenvalue weighted by Crippen LogP contribution is 2.14. The molecule has 5 N–H and O–H groups in total. The molecule has 0 bridgehead atoms. The van der Waals surface area contributed by atoms with Crippen molar-refractivity contribution in [2.45, 2.75) is 122 Å². The molecular formula is C20H46N2O3. The van der Waals surface area contributed by atoms with E-state index in [4.69, 9.17) is 10.4 Å². The normalized spacial score (nSPS) is 11.5. The van der Waals surface area contributed by atoms with E-state index in [0.717, 1.165) is 12.8 Å². The molecule has 0 radical (unpaired) electrons. The van der Waals surface area contributed by atoms with Crippen molar-refractivity contribution in [2.75, 3.05) is 6.54 Å². The van der Waals surface area contributed by atoms with E-state index < -0.39 is 4.97 Å². The lowest BCUT2D eigenvalue weighted by Gasteiger charge is -2.23. The summed E-state index contributed by atoms with van der Waals surface area (Å²) in [7, 11) is 0. The highest BCUT2D eigenvalue weighted by molar-refractivity contribution is 4.50. The summed E-state index contributed by atoms with van der Waals surface area (Å²) in [5.41, 5.74) is 0. The van der Waals surface area contributed by atoms with E-state index in [1.54, 1.807) is 0 Å². The van der Waals surface area contributed by atoms with Crippen molar-refractivity contribution in [3.63, 3.8) is 0 Å². The van der Waals surface area contributed by atoms with Crippen molar-refractivity contribution in [3.8, 4) is 0 Å². The van der Waals surface area contributed by atoms with Gasteiger partial charge < -0.3 is 11.4 Å². The van der Waals surface area contributed by atoms with E-state index in [2.05, 4.69) is 6.92 Å². The van der Waals surface area contributed by atoms with Gasteiger partial charge >= 0.3 is 0 Å². The summed E-state index contributed by atoms with van der Waals surface area (Å²) in [6, 6.07) is 0. The predicted octanol–water partition coefficient (Wildman–Crippen LogP) is 7.28. The van der Waals surface area contributed by atoms with E-state index in [1.165, 1.54) is 96.3 Å². The Labute approximate surface area is 156 Å². The summed E-state index contributed by atoms with van der Waals surface area (Å²) in [6.45, 7) is 2.16. The zero-order chi connectivity index (χ0) is 17.9. The van der Waals surface area contributed by atoms with Crippen LogP contribution in [-0.2, 0) is 0 Å². The molecule has 0 saturated heterocycles. The highest BCUT2D eigenvalue weighted by atomic mass is 17.1. The molecule has 0 amide bonds. The second-order valence-electron chi connectivity index (χ2n) is 7.40. The predicted molar refractivity (Wildman–Crippen MR) is 106 cm³/mol. The van der Waals surface area contributed by atoms with Gasteiger partial charge in [0.1, 0.15) is 6.54 Å². The number of nitrogens with zero attached hydrogens (tertiary/aromatic N) is 1. The van der Waals surface area contributed by atoms with Gasteiger partial charge in [-0.25, -0.2) is 0 Å². The van der Waals surface area contributed by atoms with Crippen LogP contribution < -0.4 is 6.15 Å². The van der Waals surface area contributed by atoms with E-state index in [-0.39, 0.29) is 12.7 Å². The van der Waals surface area contributed by atoms with Gasteiger partial charge in [0.05, 0.1) is 0 Å². The third kappa shape index (κ3) is 26.1. The van der Waals surface area contributed by atoms with Crippen molar-refractivity contribution in [1.29, 1.82) is 0 Å². The van der Waals surface area contributed by atoms with Crippen LogP contribution in [0.3, 0.4) is 0 Å². The molecule has 0 aliphatic carbocycles. The average molecular weight is 363 g/mol. The number of hydroxylamine groups is 3. The fourth-order valence-electron chi connectivity index (χ4n) is 3.22.